The lowest BCUT2D eigenvalue weighted by Gasteiger charge is -2.37. The summed E-state index contributed by atoms with van der Waals surface area (Å²) < 4.78 is 28.5. The second-order valence-corrected chi connectivity index (χ2v) is 9.27. The maximum atomic E-state index is 12.9. The number of hydrogen-bond donors (Lipinski definition) is 1. The van der Waals surface area contributed by atoms with E-state index in [1.165, 1.54) is 5.56 Å². The van der Waals surface area contributed by atoms with Crippen LogP contribution in [0.3, 0.4) is 0 Å². The lowest BCUT2D eigenvalue weighted by molar-refractivity contribution is 0.293. The van der Waals surface area contributed by atoms with E-state index in [9.17, 15) is 8.42 Å². The van der Waals surface area contributed by atoms with Gasteiger partial charge in [-0.15, -0.1) is 24.0 Å². The molecule has 8 heteroatoms. The molecule has 0 bridgehead atoms. The van der Waals surface area contributed by atoms with Gasteiger partial charge in [-0.2, -0.15) is 0 Å². The molecule has 2 aromatic carbocycles. The number of nitrogens with zero attached hydrogens (tertiary/aromatic N) is 3. The van der Waals surface area contributed by atoms with Crippen molar-refractivity contribution in [2.24, 2.45) is 4.99 Å². The average molecular weight is 526 g/mol. The van der Waals surface area contributed by atoms with Crippen LogP contribution in [0.2, 0.25) is 0 Å². The van der Waals surface area contributed by atoms with Gasteiger partial charge in [0.1, 0.15) is 0 Å². The van der Waals surface area contributed by atoms with E-state index in [4.69, 9.17) is 4.99 Å². The van der Waals surface area contributed by atoms with Gasteiger partial charge in [-0.05, 0) is 30.5 Å². The molecule has 0 spiro atoms. The first-order valence-corrected chi connectivity index (χ1v) is 11.3. The van der Waals surface area contributed by atoms with E-state index >= 15 is 0 Å². The molecule has 2 aromatic rings. The minimum Gasteiger partial charge on any atom is -0.341 e. The number of halogens is 1. The summed E-state index contributed by atoms with van der Waals surface area (Å²) >= 11 is 0. The molecule has 1 unspecified atom stereocenters. The predicted molar refractivity (Wildman–Crippen MR) is 128 cm³/mol. The van der Waals surface area contributed by atoms with Crippen LogP contribution in [-0.2, 0) is 16.6 Å². The highest BCUT2D eigenvalue weighted by Crippen LogP contribution is 2.22. The number of hydrogen-bond acceptors (Lipinski definition) is 5. The molecule has 0 radical (unpaired) electrons. The number of anilines is 1. The Morgan fingerprint density at radius 1 is 1.00 bits per heavy atom. The van der Waals surface area contributed by atoms with E-state index in [-0.39, 0.29) is 24.0 Å². The van der Waals surface area contributed by atoms with Crippen LogP contribution in [-0.4, -0.2) is 55.6 Å². The van der Waals surface area contributed by atoms with Crippen molar-refractivity contribution in [1.82, 2.24) is 9.80 Å². The summed E-state index contributed by atoms with van der Waals surface area (Å²) in [6.07, 6.45) is 1.52. The summed E-state index contributed by atoms with van der Waals surface area (Å²) in [5, 5.41) is -0.441. The van der Waals surface area contributed by atoms with Gasteiger partial charge in [0.05, 0.1) is 11.8 Å². The Kier molecular flexibility index (Phi) is 7.39. The lowest BCUT2D eigenvalue weighted by Crippen LogP contribution is -2.50. The molecule has 0 saturated carbocycles. The molecule has 2 aliphatic heterocycles. The monoisotopic (exact) mass is 526 g/mol. The largest absolute Gasteiger partial charge is 0.341 e. The molecule has 0 amide bonds. The zero-order valence-electron chi connectivity index (χ0n) is 16.3. The Balaban J connectivity index is 0.00000240. The first-order chi connectivity index (χ1) is 13.6. The first kappa shape index (κ1) is 21.9. The number of aliphatic imine (C=N–C) groups is 1. The van der Waals surface area contributed by atoms with Crippen molar-refractivity contribution in [2.75, 3.05) is 30.9 Å². The van der Waals surface area contributed by atoms with Crippen molar-refractivity contribution in [2.45, 2.75) is 24.6 Å². The summed E-state index contributed by atoms with van der Waals surface area (Å²) in [6, 6.07) is 19.4. The molecule has 1 N–H and O–H groups in total. The summed E-state index contributed by atoms with van der Waals surface area (Å²) in [6.45, 7) is 3.77. The quantitative estimate of drug-likeness (QED) is 0.607. The smallest absolute Gasteiger partial charge is 0.237 e. The molecule has 1 saturated heterocycles. The number of para-hydroxylation sites is 1. The van der Waals surface area contributed by atoms with Crippen LogP contribution >= 0.6 is 24.0 Å². The fourth-order valence-corrected chi connectivity index (χ4v) is 5.34. The van der Waals surface area contributed by atoms with Crippen molar-refractivity contribution in [3.63, 3.8) is 0 Å². The molecule has 1 atom stereocenters. The van der Waals surface area contributed by atoms with E-state index in [1.807, 2.05) is 36.4 Å². The molecule has 29 heavy (non-hydrogen) atoms. The van der Waals surface area contributed by atoms with Crippen molar-refractivity contribution in [1.29, 1.82) is 0 Å². The average Bonchev–Trinajstić information content (AvgIpc) is 3.17. The summed E-state index contributed by atoms with van der Waals surface area (Å²) in [7, 11) is -3.44. The second-order valence-electron chi connectivity index (χ2n) is 7.31. The Labute approximate surface area is 190 Å². The highest BCUT2D eigenvalue weighted by molar-refractivity contribution is 14.0. The Hall–Kier alpha value is -1.81. The first-order valence-electron chi connectivity index (χ1n) is 9.77. The third-order valence-corrected chi connectivity index (χ3v) is 7.04. The molecule has 6 nitrogen and oxygen atoms in total. The third kappa shape index (κ3) is 5.42. The van der Waals surface area contributed by atoms with Crippen LogP contribution in [0, 0.1) is 0 Å². The van der Waals surface area contributed by atoms with Gasteiger partial charge >= 0.3 is 0 Å². The van der Waals surface area contributed by atoms with Crippen LogP contribution in [0.1, 0.15) is 18.4 Å². The van der Waals surface area contributed by atoms with E-state index in [1.54, 1.807) is 12.1 Å². The molecule has 0 aromatic heterocycles. The zero-order valence-corrected chi connectivity index (χ0v) is 19.4. The van der Waals surface area contributed by atoms with Crippen LogP contribution in [0.5, 0.6) is 0 Å². The molecule has 4 rings (SSSR count). The molecule has 156 valence electrons. The fraction of sp³-hybridized carbons (Fsp3) is 0.381. The molecule has 1 fully saturated rings. The van der Waals surface area contributed by atoms with Crippen LogP contribution in [0.4, 0.5) is 5.69 Å². The second kappa shape index (κ2) is 9.80. The third-order valence-electron chi connectivity index (χ3n) is 5.26. The van der Waals surface area contributed by atoms with Gasteiger partial charge in [0.2, 0.25) is 10.0 Å². The van der Waals surface area contributed by atoms with Gasteiger partial charge in [0.15, 0.2) is 5.96 Å². The zero-order chi connectivity index (χ0) is 19.4. The fourth-order valence-electron chi connectivity index (χ4n) is 3.85. The molecular formula is C21H27IN4O2S. The van der Waals surface area contributed by atoms with Crippen molar-refractivity contribution in [3.8, 4) is 0 Å². The summed E-state index contributed by atoms with van der Waals surface area (Å²) in [4.78, 5) is 9.10. The molecule has 2 aliphatic rings. The van der Waals surface area contributed by atoms with Crippen molar-refractivity contribution in [3.05, 3.63) is 66.2 Å². The van der Waals surface area contributed by atoms with E-state index < -0.39 is 15.3 Å². The maximum Gasteiger partial charge on any atom is 0.237 e. The van der Waals surface area contributed by atoms with E-state index in [0.29, 0.717) is 18.7 Å². The normalized spacial score (nSPS) is 19.4. The molecular weight excluding hydrogens is 499 g/mol. The number of piperidine rings is 1. The summed E-state index contributed by atoms with van der Waals surface area (Å²) in [5.41, 5.74) is 1.85. The Morgan fingerprint density at radius 2 is 1.69 bits per heavy atom. The number of benzene rings is 2. The standard InChI is InChI=1S/C21H26N4O2S.HI/c26-28(27,23-19-10-5-2-6-11-19)20-12-7-14-24(17-20)21-22-13-15-25(21)16-18-8-3-1-4-9-18;/h1-6,8-11,20,23H,7,12-17H2;1H. The predicted octanol–water partition coefficient (Wildman–Crippen LogP) is 3.38. The number of rotatable bonds is 5. The van der Waals surface area contributed by atoms with Crippen LogP contribution in [0.15, 0.2) is 65.7 Å². The van der Waals surface area contributed by atoms with Gasteiger partial charge < -0.3 is 9.80 Å². The maximum absolute atomic E-state index is 12.9. The number of likely N-dealkylation sites (tertiary alicyclic amines) is 1. The Bertz CT molecular complexity index is 922. The topological polar surface area (TPSA) is 65.0 Å². The van der Waals surface area contributed by atoms with Crippen LogP contribution in [0.25, 0.3) is 0 Å². The van der Waals surface area contributed by atoms with Gasteiger partial charge in [-0.3, -0.25) is 9.71 Å². The van der Waals surface area contributed by atoms with Gasteiger partial charge in [-0.1, -0.05) is 48.5 Å². The number of sulfonamides is 1. The van der Waals surface area contributed by atoms with E-state index in [2.05, 4.69) is 26.7 Å². The Morgan fingerprint density at radius 3 is 2.41 bits per heavy atom. The lowest BCUT2D eigenvalue weighted by atomic mass is 10.1. The summed E-state index contributed by atoms with van der Waals surface area (Å²) in [5.74, 6) is 0.934. The van der Waals surface area contributed by atoms with Gasteiger partial charge in [0, 0.05) is 31.9 Å². The highest BCUT2D eigenvalue weighted by Gasteiger charge is 2.34. The van der Waals surface area contributed by atoms with Crippen molar-refractivity contribution >= 4 is 45.6 Å². The molecule has 0 aliphatic carbocycles. The van der Waals surface area contributed by atoms with Gasteiger partial charge in [-0.25, -0.2) is 8.42 Å². The number of nitrogens with one attached hydrogen (secondary N) is 1. The SMILES string of the molecule is I.O=S(=O)(Nc1ccccc1)C1CCCN(C2=NCCN2Cc2ccccc2)C1. The minimum absolute atomic E-state index is 0. The van der Waals surface area contributed by atoms with Crippen molar-refractivity contribution < 1.29 is 8.42 Å². The highest BCUT2D eigenvalue weighted by atomic mass is 127. The van der Waals surface area contributed by atoms with Gasteiger partial charge in [0.25, 0.3) is 0 Å². The number of guanidine groups is 1. The van der Waals surface area contributed by atoms with E-state index in [0.717, 1.165) is 38.6 Å². The minimum atomic E-state index is -3.44. The van der Waals surface area contributed by atoms with Crippen LogP contribution < -0.4 is 4.72 Å². The molecule has 2 heterocycles.